The Morgan fingerprint density at radius 1 is 1.26 bits per heavy atom. The van der Waals surface area contributed by atoms with E-state index >= 15 is 0 Å². The second-order valence-corrected chi connectivity index (χ2v) is 7.56. The van der Waals surface area contributed by atoms with E-state index in [2.05, 4.69) is 18.8 Å². The van der Waals surface area contributed by atoms with Gasteiger partial charge in [-0.2, -0.15) is 0 Å². The fraction of sp³-hybridized carbons (Fsp3) is 0.562. The van der Waals surface area contributed by atoms with Gasteiger partial charge in [-0.3, -0.25) is 4.57 Å². The lowest BCUT2D eigenvalue weighted by atomic mass is 10.1. The lowest BCUT2D eigenvalue weighted by Crippen LogP contribution is -2.12. The first kappa shape index (κ1) is 18.0. The molecular weight excluding hydrogens is 317 g/mol. The van der Waals surface area contributed by atoms with E-state index in [1.807, 2.05) is 0 Å². The summed E-state index contributed by atoms with van der Waals surface area (Å²) in [5.41, 5.74) is 0.566. The number of rotatable bonds is 8. The number of furan rings is 1. The van der Waals surface area contributed by atoms with E-state index in [9.17, 15) is 4.57 Å². The summed E-state index contributed by atoms with van der Waals surface area (Å²) in [6.07, 6.45) is 2.18. The van der Waals surface area contributed by atoms with Crippen molar-refractivity contribution in [2.24, 2.45) is 5.92 Å². The zero-order valence-electron chi connectivity index (χ0n) is 14.3. The number of hydrogen-bond donors (Lipinski definition) is 0. The largest absolute Gasteiger partial charge is 0.462 e. The van der Waals surface area contributed by atoms with Crippen LogP contribution in [0.5, 0.6) is 0 Å². The summed E-state index contributed by atoms with van der Waals surface area (Å²) >= 11 is 0. The summed E-state index contributed by atoms with van der Waals surface area (Å²) in [5, 5.41) is 0.388. The summed E-state index contributed by atoms with van der Waals surface area (Å²) in [5.74, 6) is 2.04. The molecule has 2 aromatic rings. The van der Waals surface area contributed by atoms with E-state index in [0.29, 0.717) is 40.7 Å². The lowest BCUT2D eigenvalue weighted by molar-refractivity contribution is 0.230. The van der Waals surface area contributed by atoms with Crippen LogP contribution in [0.25, 0.3) is 11.5 Å². The Morgan fingerprint density at radius 2 is 1.91 bits per heavy atom. The van der Waals surface area contributed by atoms with E-state index in [1.54, 1.807) is 26.8 Å². The lowest BCUT2D eigenvalue weighted by Gasteiger charge is -2.16. The molecule has 0 bridgehead atoms. The van der Waals surface area contributed by atoms with Crippen LogP contribution in [0.4, 0.5) is 0 Å². The van der Waals surface area contributed by atoms with Gasteiger partial charge in [0, 0.05) is 13.3 Å². The van der Waals surface area contributed by atoms with Gasteiger partial charge in [-0.15, -0.1) is 0 Å². The molecule has 0 amide bonds. The Kier molecular flexibility index (Phi) is 5.84. The SMILES string of the molecule is CCOP(=O)(OCC)c1ccoc1-c1nc(C)oc1CC(C)C. The van der Waals surface area contributed by atoms with E-state index in [-0.39, 0.29) is 13.2 Å². The molecule has 0 unspecified atom stereocenters. The second kappa shape index (κ2) is 7.47. The Bertz CT molecular complexity index is 678. The zero-order chi connectivity index (χ0) is 17.0. The van der Waals surface area contributed by atoms with Crippen molar-refractivity contribution in [3.05, 3.63) is 24.0 Å². The third-order valence-corrected chi connectivity index (χ3v) is 5.29. The van der Waals surface area contributed by atoms with Gasteiger partial charge < -0.3 is 17.9 Å². The first-order valence-electron chi connectivity index (χ1n) is 7.85. The fourth-order valence-electron chi connectivity index (χ4n) is 2.37. The number of aromatic nitrogens is 1. The molecular formula is C16H24NO5P. The summed E-state index contributed by atoms with van der Waals surface area (Å²) < 4.78 is 35.2. The van der Waals surface area contributed by atoms with Crippen molar-refractivity contribution in [2.45, 2.75) is 41.0 Å². The quantitative estimate of drug-likeness (QED) is 0.665. The minimum Gasteiger partial charge on any atom is -0.462 e. The van der Waals surface area contributed by atoms with Crippen LogP contribution in [0.1, 0.15) is 39.3 Å². The molecule has 0 fully saturated rings. The van der Waals surface area contributed by atoms with Crippen LogP contribution in [0.2, 0.25) is 0 Å². The van der Waals surface area contributed by atoms with E-state index in [0.717, 1.165) is 0 Å². The van der Waals surface area contributed by atoms with Gasteiger partial charge in [-0.05, 0) is 25.8 Å². The Hall–Kier alpha value is -1.36. The van der Waals surface area contributed by atoms with Crippen LogP contribution < -0.4 is 5.30 Å². The summed E-state index contributed by atoms with van der Waals surface area (Å²) in [7, 11) is -3.45. The predicted molar refractivity (Wildman–Crippen MR) is 88.0 cm³/mol. The van der Waals surface area contributed by atoms with Crippen LogP contribution in [0.15, 0.2) is 21.2 Å². The number of oxazole rings is 1. The fourth-order valence-corrected chi connectivity index (χ4v) is 4.05. The van der Waals surface area contributed by atoms with Gasteiger partial charge in [0.05, 0.1) is 19.5 Å². The number of aryl methyl sites for hydroxylation is 1. The molecule has 2 heterocycles. The molecule has 7 heteroatoms. The zero-order valence-corrected chi connectivity index (χ0v) is 15.2. The van der Waals surface area contributed by atoms with Crippen LogP contribution in [0, 0.1) is 12.8 Å². The molecule has 2 rings (SSSR count). The van der Waals surface area contributed by atoms with Crippen molar-refractivity contribution in [2.75, 3.05) is 13.2 Å². The van der Waals surface area contributed by atoms with Crippen molar-refractivity contribution in [1.82, 2.24) is 4.98 Å². The molecule has 0 aliphatic rings. The standard InChI is InChI=1S/C16H24NO5P/c1-6-20-23(18,21-7-2)14-8-9-19-16(14)15-13(10-11(3)4)22-12(5)17-15/h8-9,11H,6-7,10H2,1-5H3. The van der Waals surface area contributed by atoms with Crippen molar-refractivity contribution >= 4 is 12.9 Å². The molecule has 2 aromatic heterocycles. The maximum Gasteiger partial charge on any atom is 0.365 e. The van der Waals surface area contributed by atoms with Crippen molar-refractivity contribution in [3.63, 3.8) is 0 Å². The van der Waals surface area contributed by atoms with E-state index in [1.165, 1.54) is 6.26 Å². The number of hydrogen-bond acceptors (Lipinski definition) is 6. The average Bonchev–Trinajstić information content (AvgIpc) is 3.05. The highest BCUT2D eigenvalue weighted by molar-refractivity contribution is 7.62. The van der Waals surface area contributed by atoms with Gasteiger partial charge >= 0.3 is 7.60 Å². The molecule has 0 spiro atoms. The first-order valence-corrected chi connectivity index (χ1v) is 9.39. The minimum absolute atomic E-state index is 0.276. The highest BCUT2D eigenvalue weighted by Gasteiger charge is 2.34. The molecule has 0 aliphatic carbocycles. The van der Waals surface area contributed by atoms with Crippen LogP contribution in [-0.2, 0) is 20.0 Å². The number of nitrogens with zero attached hydrogens (tertiary/aromatic N) is 1. The predicted octanol–water partition coefficient (Wildman–Crippen LogP) is 4.33. The highest BCUT2D eigenvalue weighted by atomic mass is 31.2. The summed E-state index contributed by atoms with van der Waals surface area (Å²) in [4.78, 5) is 4.41. The monoisotopic (exact) mass is 341 g/mol. The third kappa shape index (κ3) is 3.94. The molecule has 6 nitrogen and oxygen atoms in total. The molecule has 0 saturated heterocycles. The van der Waals surface area contributed by atoms with Gasteiger partial charge in [-0.25, -0.2) is 4.98 Å². The minimum atomic E-state index is -3.45. The van der Waals surface area contributed by atoms with Crippen molar-refractivity contribution < 1.29 is 22.4 Å². The van der Waals surface area contributed by atoms with Crippen molar-refractivity contribution in [1.29, 1.82) is 0 Å². The summed E-state index contributed by atoms with van der Waals surface area (Å²) in [6.45, 7) is 10.1. The highest BCUT2D eigenvalue weighted by Crippen LogP contribution is 2.49. The second-order valence-electron chi connectivity index (χ2n) is 5.57. The third-order valence-electron chi connectivity index (χ3n) is 3.15. The van der Waals surface area contributed by atoms with Gasteiger partial charge in [0.1, 0.15) is 16.8 Å². The normalized spacial score (nSPS) is 12.3. The molecule has 0 atom stereocenters. The molecule has 128 valence electrons. The van der Waals surface area contributed by atoms with Crippen LogP contribution in [-0.4, -0.2) is 18.2 Å². The maximum absolute atomic E-state index is 13.0. The van der Waals surface area contributed by atoms with E-state index in [4.69, 9.17) is 17.9 Å². The van der Waals surface area contributed by atoms with Gasteiger partial charge in [-0.1, -0.05) is 13.8 Å². The van der Waals surface area contributed by atoms with E-state index < -0.39 is 7.60 Å². The topological polar surface area (TPSA) is 74.7 Å². The molecule has 0 N–H and O–H groups in total. The Balaban J connectivity index is 2.51. The average molecular weight is 341 g/mol. The Labute approximate surface area is 136 Å². The first-order chi connectivity index (χ1) is 10.9. The van der Waals surface area contributed by atoms with Gasteiger partial charge in [0.2, 0.25) is 0 Å². The van der Waals surface area contributed by atoms with Gasteiger partial charge in [0.15, 0.2) is 11.7 Å². The molecule has 0 aromatic carbocycles. The molecule has 0 radical (unpaired) electrons. The van der Waals surface area contributed by atoms with Crippen molar-refractivity contribution in [3.8, 4) is 11.5 Å². The smallest absolute Gasteiger partial charge is 0.365 e. The molecule has 0 saturated carbocycles. The Morgan fingerprint density at radius 3 is 2.48 bits per heavy atom. The van der Waals surface area contributed by atoms with Crippen LogP contribution in [0.3, 0.4) is 0 Å². The maximum atomic E-state index is 13.0. The molecule has 23 heavy (non-hydrogen) atoms. The summed E-state index contributed by atoms with van der Waals surface area (Å²) in [6, 6.07) is 1.62. The molecule has 0 aliphatic heterocycles. The van der Waals surface area contributed by atoms with Gasteiger partial charge in [0.25, 0.3) is 0 Å². The van der Waals surface area contributed by atoms with Crippen LogP contribution >= 0.6 is 7.60 Å².